The van der Waals surface area contributed by atoms with Crippen LogP contribution in [0, 0.1) is 5.92 Å². The minimum Gasteiger partial charge on any atom is -0.353 e. The summed E-state index contributed by atoms with van der Waals surface area (Å²) in [6.45, 7) is 6.16. The molecule has 1 aromatic heterocycles. The fourth-order valence-electron chi connectivity index (χ4n) is 3.55. The highest BCUT2D eigenvalue weighted by molar-refractivity contribution is 5.93. The molecule has 1 fully saturated rings. The molecule has 2 heterocycles. The van der Waals surface area contributed by atoms with Crippen molar-refractivity contribution in [1.29, 1.82) is 0 Å². The molecule has 1 aliphatic heterocycles. The lowest BCUT2D eigenvalue weighted by Crippen LogP contribution is -2.44. The number of carbonyl (C=O) groups excluding carboxylic acids is 2. The van der Waals surface area contributed by atoms with Crippen molar-refractivity contribution in [3.8, 4) is 0 Å². The van der Waals surface area contributed by atoms with Gasteiger partial charge in [-0.1, -0.05) is 6.92 Å². The molecule has 1 saturated carbocycles. The summed E-state index contributed by atoms with van der Waals surface area (Å²) in [4.78, 5) is 31.3. The molecule has 0 radical (unpaired) electrons. The van der Waals surface area contributed by atoms with Crippen LogP contribution >= 0.6 is 0 Å². The Morgan fingerprint density at radius 3 is 2.75 bits per heavy atom. The van der Waals surface area contributed by atoms with Crippen LogP contribution in [-0.4, -0.2) is 45.4 Å². The van der Waals surface area contributed by atoms with E-state index in [1.54, 1.807) is 6.33 Å². The van der Waals surface area contributed by atoms with Gasteiger partial charge in [0.05, 0.1) is 17.9 Å². The van der Waals surface area contributed by atoms with Gasteiger partial charge in [-0.05, 0) is 45.4 Å². The van der Waals surface area contributed by atoms with Crippen LogP contribution in [0.2, 0.25) is 0 Å². The maximum atomic E-state index is 12.7. The Bertz CT molecular complexity index is 606. The van der Waals surface area contributed by atoms with Gasteiger partial charge in [-0.2, -0.15) is 0 Å². The van der Waals surface area contributed by atoms with Crippen molar-refractivity contribution < 1.29 is 9.59 Å². The number of imidazole rings is 1. The summed E-state index contributed by atoms with van der Waals surface area (Å²) in [6, 6.07) is 0.381. The maximum absolute atomic E-state index is 12.7. The van der Waals surface area contributed by atoms with Crippen LogP contribution in [0.3, 0.4) is 0 Å². The molecule has 0 saturated heterocycles. The highest BCUT2D eigenvalue weighted by Gasteiger charge is 2.31. The minimum atomic E-state index is -0.00632. The molecule has 6 heteroatoms. The summed E-state index contributed by atoms with van der Waals surface area (Å²) in [5, 5.41) is 3.14. The first kappa shape index (κ1) is 17.0. The standard InChI is InChI=1S/C18H28N4O2/c1-3-10-21(4-2)18(24)16-15-9-8-13(11-22(15)12-19-16)17(23)20-14-6-5-7-14/h12-14H,3-11H2,1-2H3,(H,20,23). The van der Waals surface area contributed by atoms with Gasteiger partial charge in [0.25, 0.3) is 5.91 Å². The van der Waals surface area contributed by atoms with Crippen LogP contribution in [0.15, 0.2) is 6.33 Å². The molecular weight excluding hydrogens is 304 g/mol. The third kappa shape index (κ3) is 3.32. The monoisotopic (exact) mass is 332 g/mol. The van der Waals surface area contributed by atoms with Crippen LogP contribution in [0.1, 0.15) is 62.1 Å². The number of nitrogens with zero attached hydrogens (tertiary/aromatic N) is 3. The third-order valence-corrected chi connectivity index (χ3v) is 5.28. The first-order valence-electron chi connectivity index (χ1n) is 9.27. The maximum Gasteiger partial charge on any atom is 0.274 e. The molecule has 1 atom stereocenters. The average molecular weight is 332 g/mol. The zero-order chi connectivity index (χ0) is 17.1. The van der Waals surface area contributed by atoms with E-state index in [0.717, 1.165) is 44.3 Å². The number of hydrogen-bond acceptors (Lipinski definition) is 3. The lowest BCUT2D eigenvalue weighted by Gasteiger charge is -2.30. The van der Waals surface area contributed by atoms with E-state index in [4.69, 9.17) is 0 Å². The lowest BCUT2D eigenvalue weighted by atomic mass is 9.91. The second kappa shape index (κ2) is 7.36. The topological polar surface area (TPSA) is 67.2 Å². The molecule has 2 aliphatic rings. The number of amides is 2. The van der Waals surface area contributed by atoms with Crippen molar-refractivity contribution in [2.75, 3.05) is 13.1 Å². The number of nitrogens with one attached hydrogen (secondary N) is 1. The molecule has 6 nitrogen and oxygen atoms in total. The number of rotatable bonds is 6. The fourth-order valence-corrected chi connectivity index (χ4v) is 3.55. The van der Waals surface area contributed by atoms with Crippen LogP contribution in [0.25, 0.3) is 0 Å². The van der Waals surface area contributed by atoms with Gasteiger partial charge >= 0.3 is 0 Å². The summed E-state index contributed by atoms with van der Waals surface area (Å²) < 4.78 is 2.00. The molecule has 1 unspecified atom stereocenters. The van der Waals surface area contributed by atoms with Gasteiger partial charge in [-0.3, -0.25) is 9.59 Å². The first-order valence-corrected chi connectivity index (χ1v) is 9.27. The molecule has 0 bridgehead atoms. The number of aromatic nitrogens is 2. The second-order valence-corrected chi connectivity index (χ2v) is 6.95. The molecule has 1 aliphatic carbocycles. The molecule has 3 rings (SSSR count). The molecule has 132 valence electrons. The fraction of sp³-hybridized carbons (Fsp3) is 0.722. The predicted molar refractivity (Wildman–Crippen MR) is 91.7 cm³/mol. The zero-order valence-electron chi connectivity index (χ0n) is 14.8. The molecule has 0 spiro atoms. The minimum absolute atomic E-state index is 0.00632. The summed E-state index contributed by atoms with van der Waals surface area (Å²) in [5.74, 6) is 0.173. The van der Waals surface area contributed by atoms with E-state index in [-0.39, 0.29) is 17.7 Å². The molecule has 0 aromatic carbocycles. The van der Waals surface area contributed by atoms with E-state index < -0.39 is 0 Å². The number of carbonyl (C=O) groups is 2. The Kier molecular flexibility index (Phi) is 5.21. The van der Waals surface area contributed by atoms with Gasteiger partial charge in [0.15, 0.2) is 0 Å². The summed E-state index contributed by atoms with van der Waals surface area (Å²) in [5.41, 5.74) is 1.56. The second-order valence-electron chi connectivity index (χ2n) is 6.95. The predicted octanol–water partition coefficient (Wildman–Crippen LogP) is 1.99. The van der Waals surface area contributed by atoms with Gasteiger partial charge in [-0.25, -0.2) is 4.98 Å². The summed E-state index contributed by atoms with van der Waals surface area (Å²) in [6.07, 6.45) is 7.65. The normalized spacial score (nSPS) is 20.2. The van der Waals surface area contributed by atoms with Gasteiger partial charge < -0.3 is 14.8 Å². The van der Waals surface area contributed by atoms with E-state index in [2.05, 4.69) is 17.2 Å². The summed E-state index contributed by atoms with van der Waals surface area (Å²) >= 11 is 0. The van der Waals surface area contributed by atoms with Crippen molar-refractivity contribution in [1.82, 2.24) is 19.8 Å². The molecule has 1 aromatic rings. The Hall–Kier alpha value is -1.85. The molecule has 1 N–H and O–H groups in total. The molecular formula is C18H28N4O2. The highest BCUT2D eigenvalue weighted by atomic mass is 16.2. The lowest BCUT2D eigenvalue weighted by molar-refractivity contribution is -0.127. The summed E-state index contributed by atoms with van der Waals surface area (Å²) in [7, 11) is 0. The van der Waals surface area contributed by atoms with E-state index in [9.17, 15) is 9.59 Å². The van der Waals surface area contributed by atoms with E-state index in [1.165, 1.54) is 6.42 Å². The van der Waals surface area contributed by atoms with E-state index in [0.29, 0.717) is 24.8 Å². The Balaban J connectivity index is 1.67. The number of hydrogen-bond donors (Lipinski definition) is 1. The Morgan fingerprint density at radius 2 is 2.12 bits per heavy atom. The van der Waals surface area contributed by atoms with Crippen LogP contribution in [-0.2, 0) is 17.8 Å². The van der Waals surface area contributed by atoms with E-state index in [1.807, 2.05) is 16.4 Å². The highest BCUT2D eigenvalue weighted by Crippen LogP contribution is 2.25. The zero-order valence-corrected chi connectivity index (χ0v) is 14.8. The van der Waals surface area contributed by atoms with Gasteiger partial charge in [0, 0.05) is 25.7 Å². The van der Waals surface area contributed by atoms with Crippen LogP contribution in [0.5, 0.6) is 0 Å². The Morgan fingerprint density at radius 1 is 1.33 bits per heavy atom. The average Bonchev–Trinajstić information content (AvgIpc) is 2.98. The van der Waals surface area contributed by atoms with Crippen LogP contribution in [0.4, 0.5) is 0 Å². The quantitative estimate of drug-likeness (QED) is 0.866. The smallest absolute Gasteiger partial charge is 0.274 e. The Labute approximate surface area is 143 Å². The largest absolute Gasteiger partial charge is 0.353 e. The SMILES string of the molecule is CCCN(CC)C(=O)c1ncn2c1CCC(C(=O)NC1CCC1)C2. The third-order valence-electron chi connectivity index (χ3n) is 5.28. The van der Waals surface area contributed by atoms with E-state index >= 15 is 0 Å². The van der Waals surface area contributed by atoms with Crippen molar-refractivity contribution in [2.24, 2.45) is 5.92 Å². The van der Waals surface area contributed by atoms with Crippen LogP contribution < -0.4 is 5.32 Å². The van der Waals surface area contributed by atoms with Gasteiger partial charge in [0.1, 0.15) is 5.69 Å². The van der Waals surface area contributed by atoms with Crippen molar-refractivity contribution in [3.63, 3.8) is 0 Å². The molecule has 2 amide bonds. The number of fused-ring (bicyclic) bond motifs is 1. The van der Waals surface area contributed by atoms with Crippen molar-refractivity contribution >= 4 is 11.8 Å². The van der Waals surface area contributed by atoms with Gasteiger partial charge in [-0.15, -0.1) is 0 Å². The van der Waals surface area contributed by atoms with Crippen molar-refractivity contribution in [2.45, 2.75) is 65.0 Å². The first-order chi connectivity index (χ1) is 11.6. The molecule has 24 heavy (non-hydrogen) atoms. The van der Waals surface area contributed by atoms with Crippen molar-refractivity contribution in [3.05, 3.63) is 17.7 Å². The van der Waals surface area contributed by atoms with Gasteiger partial charge in [0.2, 0.25) is 5.91 Å².